The second kappa shape index (κ2) is 36.0. The molecule has 0 aliphatic carbocycles. The van der Waals surface area contributed by atoms with Crippen molar-refractivity contribution < 1.29 is 57.6 Å². The summed E-state index contributed by atoms with van der Waals surface area (Å²) in [7, 11) is 0.146. The second-order valence-corrected chi connectivity index (χ2v) is 14.1. The first kappa shape index (κ1) is 63.6. The van der Waals surface area contributed by atoms with E-state index in [2.05, 4.69) is 78.6 Å². The molecule has 0 bridgehead atoms. The van der Waals surface area contributed by atoms with E-state index < -0.39 is 0 Å². The van der Waals surface area contributed by atoms with E-state index in [9.17, 15) is 5.26 Å². The van der Waals surface area contributed by atoms with Gasteiger partial charge in [0.1, 0.15) is 17.7 Å². The van der Waals surface area contributed by atoms with Gasteiger partial charge in [-0.15, -0.1) is 4.33 Å². The van der Waals surface area contributed by atoms with Crippen LogP contribution in [0, 0.1) is 38.5 Å². The van der Waals surface area contributed by atoms with E-state index in [4.69, 9.17) is 13.4 Å². The van der Waals surface area contributed by atoms with Gasteiger partial charge < -0.3 is 14.5 Å². The summed E-state index contributed by atoms with van der Waals surface area (Å²) >= 11 is 0.504. The van der Waals surface area contributed by atoms with Gasteiger partial charge in [-0.2, -0.15) is 0 Å². The Morgan fingerprint density at radius 1 is 0.833 bits per heavy atom. The van der Waals surface area contributed by atoms with E-state index in [0.29, 0.717) is 25.3 Å². The molecule has 288 valence electrons. The van der Waals surface area contributed by atoms with E-state index in [-0.39, 0.29) is 88.5 Å². The molecule has 0 spiro atoms. The van der Waals surface area contributed by atoms with Crippen molar-refractivity contribution in [2.75, 3.05) is 6.35 Å². The van der Waals surface area contributed by atoms with Crippen LogP contribution in [-0.4, -0.2) is 11.9 Å². The molecular weight excluding hydrogens is 650 g/mol. The first-order valence-corrected chi connectivity index (χ1v) is 17.7. The fourth-order valence-electron chi connectivity index (χ4n) is 5.56. The molecule has 4 unspecified atom stereocenters. The number of hydrogen-bond acceptors (Lipinski definition) is 7. The Morgan fingerprint density at radius 2 is 1.38 bits per heavy atom. The molecule has 4 atom stereocenters. The summed E-state index contributed by atoms with van der Waals surface area (Å²) in [5, 5.41) is 12.8. The van der Waals surface area contributed by atoms with Crippen LogP contribution in [0.3, 0.4) is 0 Å². The molecule has 0 radical (unpaired) electrons. The van der Waals surface area contributed by atoms with Crippen LogP contribution in [0.5, 0.6) is 5.75 Å². The zero-order valence-electron chi connectivity index (χ0n) is 28.8. The summed E-state index contributed by atoms with van der Waals surface area (Å²) in [6.07, 6.45) is 14.8. The molecule has 1 aromatic rings. The van der Waals surface area contributed by atoms with Crippen LogP contribution < -0.4 is 39.6 Å². The Hall–Kier alpha value is 0.600. The third kappa shape index (κ3) is 24.7. The number of ether oxygens (including phenoxy) is 1. The number of hydrogen-bond donors (Lipinski definition) is 0. The molecule has 1 aromatic carbocycles. The summed E-state index contributed by atoms with van der Waals surface area (Å²) in [6.45, 7) is 23.1. The quantitative estimate of drug-likeness (QED) is 0.0350. The first-order valence-electron chi connectivity index (χ1n) is 15.9. The molecule has 0 N–H and O–H groups in total. The third-order valence-corrected chi connectivity index (χ3v) is 9.87. The van der Waals surface area contributed by atoms with Gasteiger partial charge in [0.05, 0.1) is 6.61 Å². The van der Waals surface area contributed by atoms with E-state index in [1.165, 1.54) is 79.2 Å². The van der Waals surface area contributed by atoms with Gasteiger partial charge in [-0.1, -0.05) is 137 Å². The van der Waals surface area contributed by atoms with E-state index in [1.54, 1.807) is 0 Å². The normalized spacial score (nSPS) is 15.6. The number of fused-ring (bicyclic) bond motifs is 1. The van der Waals surface area contributed by atoms with E-state index in [0.717, 1.165) is 42.8 Å². The summed E-state index contributed by atoms with van der Waals surface area (Å²) < 4.78 is 21.1. The molecule has 0 amide bonds. The molecular formula is C39H84NaO6PS. The maximum Gasteiger partial charge on any atom is 1.00 e. The van der Waals surface area contributed by atoms with Crippen molar-refractivity contribution in [3.8, 4) is 5.75 Å². The van der Waals surface area contributed by atoms with Crippen LogP contribution in [0.25, 0.3) is 0 Å². The largest absolute Gasteiger partial charge is 1.00 e. The maximum atomic E-state index is 9.63. The number of benzene rings is 1. The van der Waals surface area contributed by atoms with Crippen LogP contribution in [-0.2, 0) is 31.1 Å². The third-order valence-electron chi connectivity index (χ3n) is 8.73. The molecule has 1 aliphatic rings. The van der Waals surface area contributed by atoms with Crippen LogP contribution in [0.4, 0.5) is 0 Å². The summed E-state index contributed by atoms with van der Waals surface area (Å²) in [4.78, 5) is 0. The van der Waals surface area contributed by atoms with Gasteiger partial charge in [0.15, 0.2) is 12.3 Å². The van der Waals surface area contributed by atoms with Crippen molar-refractivity contribution in [1.29, 1.82) is 0 Å². The van der Waals surface area contributed by atoms with Gasteiger partial charge in [-0.05, 0) is 92.5 Å². The second-order valence-electron chi connectivity index (χ2n) is 12.7. The van der Waals surface area contributed by atoms with E-state index in [1.807, 2.05) is 0 Å². The molecule has 0 aromatic heterocycles. The monoisotopic (exact) mass is 735 g/mol. The molecule has 6 nitrogen and oxygen atoms in total. The Kier molecular flexibility index (Phi) is 47.7. The Labute approximate surface area is 331 Å². The number of rotatable bonds is 19. The molecule has 2 rings (SSSR count). The average Bonchev–Trinajstić information content (AvgIpc) is 2.93. The van der Waals surface area contributed by atoms with Crippen molar-refractivity contribution in [2.24, 2.45) is 17.8 Å². The van der Waals surface area contributed by atoms with Gasteiger partial charge in [0.25, 0.3) is 0 Å². The predicted molar refractivity (Wildman–Crippen MR) is 213 cm³/mol. The van der Waals surface area contributed by atoms with Crippen molar-refractivity contribution in [1.82, 2.24) is 0 Å². The van der Waals surface area contributed by atoms with Crippen LogP contribution >= 0.6 is 21.1 Å². The Bertz CT molecular complexity index is 861. The SMILES string of the molecule is C.C.C.C.C.C.CCC1(C)CCc2c(C)c(COPCOSOO[O-])c(C)c(C)c2O1.CCCC(C)CCCC(C)CCCC(C)C.[Na+]. The predicted octanol–water partition coefficient (Wildman–Crippen LogP) is 10.9. The van der Waals surface area contributed by atoms with Crippen molar-refractivity contribution >= 4 is 21.1 Å². The van der Waals surface area contributed by atoms with E-state index >= 15 is 0 Å². The Morgan fingerprint density at radius 3 is 1.88 bits per heavy atom. The summed E-state index contributed by atoms with van der Waals surface area (Å²) in [6, 6.07) is 0. The smallest absolute Gasteiger partial charge is 0.691 e. The fourth-order valence-corrected chi connectivity index (χ4v) is 6.34. The Balaban J connectivity index is -0.000000131. The molecule has 48 heavy (non-hydrogen) atoms. The molecule has 0 fully saturated rings. The van der Waals surface area contributed by atoms with Crippen LogP contribution in [0.1, 0.15) is 185 Å². The maximum absolute atomic E-state index is 9.63. The van der Waals surface area contributed by atoms with Gasteiger partial charge in [-0.25, -0.2) is 0 Å². The van der Waals surface area contributed by atoms with Crippen molar-refractivity contribution in [3.63, 3.8) is 0 Å². The standard InChI is InChI=1S/C17H27O6PS.C16H34.6CH4.Na/c1-6-17(5)8-7-14-13(4)15(11(2)12(3)16(14)21-17)9-19-24-10-20-25-23-22-18;1-6-9-15(4)12-8-13-16(5)11-7-10-14(2)3;;;;;;;/h18,24H,6-10H2,1-5H3;14-16H,6-13H2,1-5H3;6*1H4;/q;;;;;;;;+1/p-1. The topological polar surface area (TPSA) is 69.2 Å². The minimum atomic E-state index is -0.0685. The summed E-state index contributed by atoms with van der Waals surface area (Å²) in [5.41, 5.74) is 6.15. The minimum Gasteiger partial charge on any atom is -0.691 e. The van der Waals surface area contributed by atoms with Gasteiger partial charge >= 0.3 is 29.6 Å². The fraction of sp³-hybridized carbons (Fsp3) is 0.846. The zero-order valence-corrected chi connectivity index (χ0v) is 32.6. The first-order chi connectivity index (χ1) is 19.5. The molecule has 0 saturated heterocycles. The minimum absolute atomic E-state index is 0. The van der Waals surface area contributed by atoms with Crippen LogP contribution in [0.2, 0.25) is 0 Å². The van der Waals surface area contributed by atoms with Gasteiger partial charge in [0, 0.05) is 8.81 Å². The van der Waals surface area contributed by atoms with Crippen molar-refractivity contribution in [2.45, 2.75) is 197 Å². The average molecular weight is 735 g/mol. The molecule has 9 heteroatoms. The van der Waals surface area contributed by atoms with Crippen molar-refractivity contribution in [3.05, 3.63) is 27.8 Å². The zero-order chi connectivity index (χ0) is 30.8. The summed E-state index contributed by atoms with van der Waals surface area (Å²) in [5.74, 6) is 3.85. The molecule has 0 saturated carbocycles. The van der Waals surface area contributed by atoms with Crippen LogP contribution in [0.15, 0.2) is 0 Å². The van der Waals surface area contributed by atoms with Gasteiger partial charge in [-0.3, -0.25) is 9.22 Å². The molecule has 1 aliphatic heterocycles. The molecule has 1 heterocycles. The van der Waals surface area contributed by atoms with Gasteiger partial charge in [0.2, 0.25) is 0 Å².